The molecule has 4 aromatic heterocycles. The Morgan fingerprint density at radius 3 is 2.57 bits per heavy atom. The van der Waals surface area contributed by atoms with Gasteiger partial charge in [0, 0.05) is 44.6 Å². The van der Waals surface area contributed by atoms with Gasteiger partial charge in [-0.25, -0.2) is 18.9 Å². The summed E-state index contributed by atoms with van der Waals surface area (Å²) in [6.07, 6.45) is 3.49. The number of halogens is 4. The molecule has 1 aromatic carbocycles. The third kappa shape index (κ3) is 7.63. The van der Waals surface area contributed by atoms with Crippen LogP contribution in [-0.4, -0.2) is 88.3 Å². The first-order valence-corrected chi connectivity index (χ1v) is 18.7. The number of pyridine rings is 1. The number of carbonyl (C=O) groups excluding carboxylic acids is 3. The number of nitrogens with zero attached hydrogens (tertiary/aromatic N) is 9. The number of hydrogen-bond donors (Lipinski definition) is 1. The second kappa shape index (κ2) is 15.6. The van der Waals surface area contributed by atoms with E-state index in [1.165, 1.54) is 42.6 Å². The number of carbonyl (C=O) groups is 3. The van der Waals surface area contributed by atoms with E-state index >= 15 is 4.39 Å². The highest BCUT2D eigenvalue weighted by molar-refractivity contribution is 6.02. The second-order valence-corrected chi connectivity index (χ2v) is 14.8. The fourth-order valence-corrected chi connectivity index (χ4v) is 7.71. The Morgan fingerprint density at radius 1 is 1.12 bits per heavy atom. The Bertz CT molecular complexity index is 2420. The van der Waals surface area contributed by atoms with Crippen molar-refractivity contribution in [3.05, 3.63) is 82.8 Å². The molecule has 15 nitrogen and oxygen atoms in total. The van der Waals surface area contributed by atoms with Gasteiger partial charge in [-0.3, -0.25) is 19.0 Å². The molecule has 0 saturated carbocycles. The molecule has 1 fully saturated rings. The highest BCUT2D eigenvalue weighted by atomic mass is 19.4. The first-order chi connectivity index (χ1) is 27.6. The van der Waals surface area contributed by atoms with Crippen molar-refractivity contribution in [2.75, 3.05) is 19.8 Å². The molecule has 0 aliphatic carbocycles. The van der Waals surface area contributed by atoms with Gasteiger partial charge in [-0.2, -0.15) is 33.7 Å². The maximum atomic E-state index is 15.9. The van der Waals surface area contributed by atoms with Crippen LogP contribution in [0.4, 0.5) is 17.6 Å². The van der Waals surface area contributed by atoms with E-state index in [4.69, 9.17) is 14.5 Å². The molecule has 58 heavy (non-hydrogen) atoms. The molecule has 1 saturated heterocycles. The maximum absolute atomic E-state index is 15.9. The number of amides is 2. The van der Waals surface area contributed by atoms with Gasteiger partial charge in [0.25, 0.3) is 5.91 Å². The lowest BCUT2D eigenvalue weighted by Crippen LogP contribution is -2.60. The minimum Gasteiger partial charge on any atom is -0.464 e. The number of esters is 1. The van der Waals surface area contributed by atoms with E-state index in [1.54, 1.807) is 30.2 Å². The molecule has 5 aromatic rings. The van der Waals surface area contributed by atoms with Crippen molar-refractivity contribution < 1.29 is 41.4 Å². The Hall–Kier alpha value is -6.16. The Labute approximate surface area is 329 Å². The summed E-state index contributed by atoms with van der Waals surface area (Å²) in [6, 6.07) is 3.55. The van der Waals surface area contributed by atoms with Crippen molar-refractivity contribution in [2.45, 2.75) is 82.9 Å². The molecule has 2 amide bonds. The van der Waals surface area contributed by atoms with Gasteiger partial charge in [0.15, 0.2) is 12.3 Å². The highest BCUT2D eigenvalue weighted by Gasteiger charge is 2.45. The SMILES string of the molecule is CCOC(=O)C(n1cc(C(F)(F)F)cn1)C(C)(C)NC(=O)[C@@H](Cc1cnn(C)c1)N1CCc2c(-c3nc4cnn(C5CCCCO5)c4cc3C#N)ccc(F)c2C1=O. The van der Waals surface area contributed by atoms with Crippen LogP contribution in [0.1, 0.15) is 84.9 Å². The quantitative estimate of drug-likeness (QED) is 0.140. The maximum Gasteiger partial charge on any atom is 0.419 e. The zero-order valence-electron chi connectivity index (χ0n) is 32.1. The van der Waals surface area contributed by atoms with Gasteiger partial charge in [-0.05, 0) is 75.8 Å². The summed E-state index contributed by atoms with van der Waals surface area (Å²) in [7, 11) is 1.67. The first kappa shape index (κ1) is 40.1. The topological polar surface area (TPSA) is 175 Å². The number of nitriles is 1. The van der Waals surface area contributed by atoms with Crippen LogP contribution < -0.4 is 5.32 Å². The van der Waals surface area contributed by atoms with Crippen LogP contribution in [0.2, 0.25) is 0 Å². The molecule has 2 aliphatic heterocycles. The van der Waals surface area contributed by atoms with Gasteiger partial charge in [-0.1, -0.05) is 0 Å². The predicted octanol–water partition coefficient (Wildman–Crippen LogP) is 5.07. The van der Waals surface area contributed by atoms with E-state index in [1.807, 2.05) is 0 Å². The molecule has 304 valence electrons. The van der Waals surface area contributed by atoms with Crippen molar-refractivity contribution in [1.29, 1.82) is 5.26 Å². The first-order valence-electron chi connectivity index (χ1n) is 18.7. The molecule has 0 radical (unpaired) electrons. The van der Waals surface area contributed by atoms with Crippen LogP contribution in [0, 0.1) is 17.1 Å². The summed E-state index contributed by atoms with van der Waals surface area (Å²) >= 11 is 0. The van der Waals surface area contributed by atoms with E-state index < -0.39 is 53.0 Å². The monoisotopic (exact) mass is 804 g/mol. The van der Waals surface area contributed by atoms with E-state index in [9.17, 15) is 32.8 Å². The molecular weight excluding hydrogens is 764 g/mol. The minimum absolute atomic E-state index is 0.0626. The number of fused-ring (bicyclic) bond motifs is 2. The van der Waals surface area contributed by atoms with Crippen molar-refractivity contribution >= 4 is 28.8 Å². The number of aryl methyl sites for hydroxylation is 1. The summed E-state index contributed by atoms with van der Waals surface area (Å²) in [5.74, 6) is -3.40. The number of aromatic nitrogens is 7. The molecule has 6 heterocycles. The number of rotatable bonds is 11. The summed E-state index contributed by atoms with van der Waals surface area (Å²) < 4.78 is 71.7. The number of benzene rings is 1. The lowest BCUT2D eigenvalue weighted by atomic mass is 9.88. The van der Waals surface area contributed by atoms with Crippen molar-refractivity contribution in [2.24, 2.45) is 7.05 Å². The van der Waals surface area contributed by atoms with Crippen molar-refractivity contribution in [3.8, 4) is 17.3 Å². The van der Waals surface area contributed by atoms with E-state index in [0.717, 1.165) is 30.0 Å². The van der Waals surface area contributed by atoms with Crippen molar-refractivity contribution in [1.82, 2.24) is 44.5 Å². The summed E-state index contributed by atoms with van der Waals surface area (Å²) in [6.45, 7) is 4.77. The van der Waals surface area contributed by atoms with Crippen molar-refractivity contribution in [3.63, 3.8) is 0 Å². The molecule has 0 bridgehead atoms. The summed E-state index contributed by atoms with van der Waals surface area (Å²) in [4.78, 5) is 48.2. The molecule has 7 rings (SSSR count). The van der Waals surface area contributed by atoms with Crippen LogP contribution in [0.15, 0.2) is 49.2 Å². The van der Waals surface area contributed by atoms with E-state index in [0.29, 0.717) is 46.7 Å². The van der Waals surface area contributed by atoms with Gasteiger partial charge in [-0.15, -0.1) is 0 Å². The fourth-order valence-electron chi connectivity index (χ4n) is 7.71. The van der Waals surface area contributed by atoms with Gasteiger partial charge in [0.1, 0.15) is 23.4 Å². The zero-order valence-corrected chi connectivity index (χ0v) is 32.1. The highest BCUT2D eigenvalue weighted by Crippen LogP contribution is 2.37. The molecule has 19 heteroatoms. The van der Waals surface area contributed by atoms with Crippen LogP contribution in [-0.2, 0) is 45.1 Å². The Balaban J connectivity index is 1.23. The molecule has 3 atom stereocenters. The summed E-state index contributed by atoms with van der Waals surface area (Å²) in [5.41, 5.74) is -0.349. The molecular formula is C39H40F4N10O5. The standard InChI is InChI=1S/C39H40F4N10O5/c1-5-57-37(56)34(52-21-24(18-46-52)39(41,42)43)38(2,3)49-35(54)30(14-22-17-45-50(4)20-22)51-12-11-25-26(9-10-27(40)32(25)36(51)55)33-23(16-44)15-29-28(48-33)19-47-53(29)31-8-6-7-13-58-31/h9-10,15,17-21,30-31,34H,5-8,11-14H2,1-4H3,(H,49,54)/t30-,31?,34?/m1/s1. The van der Waals surface area contributed by atoms with Crippen LogP contribution in [0.25, 0.3) is 22.3 Å². The van der Waals surface area contributed by atoms with E-state index in [-0.39, 0.29) is 49.0 Å². The average Bonchev–Trinajstić information content (AvgIpc) is 3.94. The third-order valence-corrected chi connectivity index (χ3v) is 10.4. The fraction of sp³-hybridized carbons (Fsp3) is 0.436. The number of hydrogen-bond acceptors (Lipinski definition) is 10. The minimum atomic E-state index is -4.76. The molecule has 0 spiro atoms. The number of nitrogens with one attached hydrogen (secondary N) is 1. The average molecular weight is 805 g/mol. The zero-order chi connectivity index (χ0) is 41.5. The Morgan fingerprint density at radius 2 is 1.91 bits per heavy atom. The smallest absolute Gasteiger partial charge is 0.419 e. The molecule has 1 N–H and O–H groups in total. The van der Waals surface area contributed by atoms with Gasteiger partial charge in [0.05, 0.1) is 58.6 Å². The molecule has 2 unspecified atom stereocenters. The van der Waals surface area contributed by atoms with Crippen LogP contribution >= 0.6 is 0 Å². The molecule has 2 aliphatic rings. The van der Waals surface area contributed by atoms with Gasteiger partial charge < -0.3 is 19.7 Å². The number of ether oxygens (including phenoxy) is 2. The number of alkyl halides is 3. The normalized spacial score (nSPS) is 17.1. The lowest BCUT2D eigenvalue weighted by molar-refractivity contribution is -0.151. The second-order valence-electron chi connectivity index (χ2n) is 14.8. The van der Waals surface area contributed by atoms with Crippen LogP contribution in [0.3, 0.4) is 0 Å². The van der Waals surface area contributed by atoms with Gasteiger partial charge in [0.2, 0.25) is 5.91 Å². The van der Waals surface area contributed by atoms with Gasteiger partial charge >= 0.3 is 12.1 Å². The van der Waals surface area contributed by atoms with E-state index in [2.05, 4.69) is 26.7 Å². The van der Waals surface area contributed by atoms with Crippen LogP contribution in [0.5, 0.6) is 0 Å². The lowest BCUT2D eigenvalue weighted by Gasteiger charge is -2.39. The largest absolute Gasteiger partial charge is 0.464 e. The summed E-state index contributed by atoms with van der Waals surface area (Å²) in [5, 5.41) is 25.5. The third-order valence-electron chi connectivity index (χ3n) is 10.4. The Kier molecular flexibility index (Phi) is 10.8. The predicted molar refractivity (Wildman–Crippen MR) is 197 cm³/mol.